The monoisotopic (exact) mass is 614 g/mol. The number of H-pyrrole nitrogens is 3. The molecule has 3 heterocycles. The Morgan fingerprint density at radius 2 is 1.81 bits per heavy atom. The van der Waals surface area contributed by atoms with E-state index in [2.05, 4.69) is 25.3 Å². The van der Waals surface area contributed by atoms with Crippen molar-refractivity contribution in [2.45, 2.75) is 18.6 Å². The minimum absolute atomic E-state index is 0.138. The van der Waals surface area contributed by atoms with Crippen molar-refractivity contribution in [3.63, 3.8) is 0 Å². The van der Waals surface area contributed by atoms with Gasteiger partial charge in [-0.1, -0.05) is 48.0 Å². The largest absolute Gasteiger partial charge is 0.507 e. The number of carboxylic acids is 1. The van der Waals surface area contributed by atoms with Crippen LogP contribution in [0, 0.1) is 0 Å². The van der Waals surface area contributed by atoms with Crippen LogP contribution in [0.2, 0.25) is 5.15 Å². The number of nitrogens with zero attached hydrogens (tertiary/aromatic N) is 2. The Morgan fingerprint density at radius 1 is 1.09 bits per heavy atom. The number of aromatic nitrogens is 5. The smallest absolute Gasteiger partial charge is 0.490 e. The molecule has 0 fully saturated rings. The molecule has 3 aromatic heterocycles. The summed E-state index contributed by atoms with van der Waals surface area (Å²) < 4.78 is 31.7. The number of amides is 1. The van der Waals surface area contributed by atoms with Gasteiger partial charge in [0.05, 0.1) is 29.8 Å². The van der Waals surface area contributed by atoms with Gasteiger partial charge in [0, 0.05) is 23.1 Å². The van der Waals surface area contributed by atoms with Crippen LogP contribution in [0.4, 0.5) is 13.2 Å². The highest BCUT2D eigenvalue weighted by molar-refractivity contribution is 6.32. The topological polar surface area (TPSA) is 177 Å². The first-order valence-corrected chi connectivity index (χ1v) is 12.7. The third-order valence-electron chi connectivity index (χ3n) is 5.88. The summed E-state index contributed by atoms with van der Waals surface area (Å²) in [6, 6.07) is 15.5. The summed E-state index contributed by atoms with van der Waals surface area (Å²) >= 11 is 6.53. The van der Waals surface area contributed by atoms with E-state index in [1.807, 2.05) is 30.3 Å². The first-order valence-electron chi connectivity index (χ1n) is 12.3. The van der Waals surface area contributed by atoms with Crippen molar-refractivity contribution in [2.24, 2.45) is 0 Å². The molecule has 0 saturated heterocycles. The second-order valence-electron chi connectivity index (χ2n) is 8.96. The third-order valence-corrected chi connectivity index (χ3v) is 6.15. The van der Waals surface area contributed by atoms with E-state index in [1.54, 1.807) is 30.5 Å². The van der Waals surface area contributed by atoms with Gasteiger partial charge in [-0.3, -0.25) is 9.59 Å². The number of carboxylic acid groups (broad SMARTS) is 1. The van der Waals surface area contributed by atoms with Crippen LogP contribution in [0.3, 0.4) is 0 Å². The van der Waals surface area contributed by atoms with Crippen LogP contribution in [-0.2, 0) is 16.0 Å². The maximum Gasteiger partial charge on any atom is 0.490 e. The fourth-order valence-corrected chi connectivity index (χ4v) is 4.17. The fraction of sp³-hybridized carbons (Fsp3) is 0.107. The Labute approximate surface area is 245 Å². The Morgan fingerprint density at radius 3 is 2.47 bits per heavy atom. The van der Waals surface area contributed by atoms with Gasteiger partial charge in [-0.25, -0.2) is 14.8 Å². The maximum atomic E-state index is 12.7. The molecule has 15 heteroatoms. The molecule has 5 rings (SSSR count). The number of carbonyl (C=O) groups excluding carboxylic acids is 1. The molecule has 2 aromatic carbocycles. The van der Waals surface area contributed by atoms with Gasteiger partial charge in [0.15, 0.2) is 0 Å². The predicted molar refractivity (Wildman–Crippen MR) is 151 cm³/mol. The molecule has 0 aliphatic heterocycles. The molecular weight excluding hydrogens is 593 g/mol. The SMILES string of the molecule is O=C(/C=C/c1cnc[nH]1)N[C@@H](Cc1ccccc1)c1nc(-c2ccc3[nH]c(=O)cc(O)c3c2)c(Cl)[nH]1.O=C(O)C(F)(F)F. The number of carbonyl (C=O) groups is 2. The highest BCUT2D eigenvalue weighted by Crippen LogP contribution is 2.32. The number of benzene rings is 2. The molecule has 1 atom stereocenters. The Kier molecular flexibility index (Phi) is 9.30. The number of fused-ring (bicyclic) bond motifs is 1. The van der Waals surface area contributed by atoms with Crippen molar-refractivity contribution >= 4 is 40.5 Å². The standard InChI is InChI=1S/C26H21ClN6O3.C2HF3O2/c27-25-24(16-6-8-19-18(11-16)21(34)12-23(36)30-19)32-26(33-25)20(10-15-4-2-1-3-5-15)31-22(35)9-7-17-13-28-14-29-17;3-2(4,5)1(6)7/h1-9,11-14,20H,10H2,(H,28,29)(H,31,35)(H,32,33)(H2,30,34,36);(H,6,7)/b9-7+;/t20-;/m0./s1. The molecule has 1 amide bonds. The molecule has 5 aromatic rings. The van der Waals surface area contributed by atoms with Gasteiger partial charge in [-0.2, -0.15) is 13.2 Å². The van der Waals surface area contributed by atoms with Gasteiger partial charge in [0.25, 0.3) is 5.56 Å². The summed E-state index contributed by atoms with van der Waals surface area (Å²) in [4.78, 5) is 50.6. The van der Waals surface area contributed by atoms with Gasteiger partial charge in [-0.05, 0) is 30.2 Å². The molecule has 0 aliphatic rings. The Hall–Kier alpha value is -5.37. The highest BCUT2D eigenvalue weighted by atomic mass is 35.5. The third kappa shape index (κ3) is 8.10. The Balaban J connectivity index is 0.000000541. The van der Waals surface area contributed by atoms with Crippen molar-refractivity contribution in [3.8, 4) is 17.0 Å². The quantitative estimate of drug-likeness (QED) is 0.143. The molecular formula is C28H22ClF3N6O5. The van der Waals surface area contributed by atoms with Gasteiger partial charge < -0.3 is 30.5 Å². The van der Waals surface area contributed by atoms with Crippen LogP contribution in [0.15, 0.2) is 78.0 Å². The van der Waals surface area contributed by atoms with Crippen LogP contribution in [-0.4, -0.2) is 53.2 Å². The minimum atomic E-state index is -5.08. The number of hydrogen-bond donors (Lipinski definition) is 6. The molecule has 0 radical (unpaired) electrons. The highest BCUT2D eigenvalue weighted by Gasteiger charge is 2.38. The first kappa shape index (κ1) is 30.6. The van der Waals surface area contributed by atoms with Crippen LogP contribution >= 0.6 is 11.6 Å². The zero-order valence-corrected chi connectivity index (χ0v) is 22.6. The molecule has 0 saturated carbocycles. The molecule has 0 unspecified atom stereocenters. The lowest BCUT2D eigenvalue weighted by atomic mass is 10.1. The van der Waals surface area contributed by atoms with Gasteiger partial charge in [-0.15, -0.1) is 0 Å². The molecule has 0 aliphatic carbocycles. The van der Waals surface area contributed by atoms with Crippen molar-refractivity contribution in [3.05, 3.63) is 106 Å². The van der Waals surface area contributed by atoms with Gasteiger partial charge in [0.1, 0.15) is 22.4 Å². The van der Waals surface area contributed by atoms with Crippen molar-refractivity contribution < 1.29 is 33.0 Å². The summed E-state index contributed by atoms with van der Waals surface area (Å²) in [6.45, 7) is 0. The number of hydrogen-bond acceptors (Lipinski definition) is 6. The normalized spacial score (nSPS) is 12.1. The van der Waals surface area contributed by atoms with E-state index in [4.69, 9.17) is 26.5 Å². The van der Waals surface area contributed by atoms with Crippen LogP contribution < -0.4 is 10.9 Å². The second-order valence-corrected chi connectivity index (χ2v) is 9.34. The summed E-state index contributed by atoms with van der Waals surface area (Å²) in [5.41, 5.74) is 2.91. The van der Waals surface area contributed by atoms with E-state index in [1.165, 1.54) is 12.4 Å². The van der Waals surface area contributed by atoms with E-state index in [-0.39, 0.29) is 16.8 Å². The fourth-order valence-electron chi connectivity index (χ4n) is 3.92. The molecule has 222 valence electrons. The average molecular weight is 615 g/mol. The van der Waals surface area contributed by atoms with Crippen molar-refractivity contribution in [1.29, 1.82) is 0 Å². The predicted octanol–water partition coefficient (Wildman–Crippen LogP) is 4.75. The average Bonchev–Trinajstić information content (AvgIpc) is 3.62. The number of alkyl halides is 3. The van der Waals surface area contributed by atoms with E-state index >= 15 is 0 Å². The minimum Gasteiger partial charge on any atom is -0.507 e. The lowest BCUT2D eigenvalue weighted by Gasteiger charge is -2.16. The van der Waals surface area contributed by atoms with E-state index in [0.717, 1.165) is 11.6 Å². The van der Waals surface area contributed by atoms with E-state index in [0.29, 0.717) is 40.1 Å². The summed E-state index contributed by atoms with van der Waals surface area (Å²) in [6.07, 6.45) is 1.60. The maximum absolute atomic E-state index is 12.7. The van der Waals surface area contributed by atoms with E-state index < -0.39 is 23.7 Å². The molecule has 0 bridgehead atoms. The molecule has 0 spiro atoms. The molecule has 11 nitrogen and oxygen atoms in total. The zero-order chi connectivity index (χ0) is 31.1. The van der Waals surface area contributed by atoms with Crippen molar-refractivity contribution in [1.82, 2.24) is 30.2 Å². The number of imidazole rings is 2. The number of aromatic hydroxyl groups is 1. The number of halogens is 4. The summed E-state index contributed by atoms with van der Waals surface area (Å²) in [5, 5.41) is 21.1. The molecule has 6 N–H and O–H groups in total. The van der Waals surface area contributed by atoms with Crippen LogP contribution in [0.5, 0.6) is 5.75 Å². The van der Waals surface area contributed by atoms with Crippen molar-refractivity contribution in [2.75, 3.05) is 0 Å². The Bertz CT molecular complexity index is 1820. The van der Waals surface area contributed by atoms with Crippen LogP contribution in [0.25, 0.3) is 28.2 Å². The second kappa shape index (κ2) is 13.1. The van der Waals surface area contributed by atoms with Gasteiger partial charge in [0.2, 0.25) is 5.91 Å². The number of nitrogens with one attached hydrogen (secondary N) is 4. The van der Waals surface area contributed by atoms with Crippen LogP contribution in [0.1, 0.15) is 23.1 Å². The first-order chi connectivity index (χ1) is 20.4. The number of rotatable bonds is 7. The summed E-state index contributed by atoms with van der Waals surface area (Å²) in [5.74, 6) is -2.72. The number of pyridine rings is 1. The van der Waals surface area contributed by atoms with E-state index in [9.17, 15) is 27.9 Å². The number of aliphatic carboxylic acids is 1. The number of aromatic amines is 3. The van der Waals surface area contributed by atoms with Gasteiger partial charge >= 0.3 is 12.1 Å². The lowest BCUT2D eigenvalue weighted by Crippen LogP contribution is -2.29. The zero-order valence-electron chi connectivity index (χ0n) is 21.8. The molecule has 43 heavy (non-hydrogen) atoms. The summed E-state index contributed by atoms with van der Waals surface area (Å²) in [7, 11) is 0. The lowest BCUT2D eigenvalue weighted by molar-refractivity contribution is -0.192.